The van der Waals surface area contributed by atoms with Crippen LogP contribution in [0.2, 0.25) is 0 Å². The minimum atomic E-state index is 0.189. The van der Waals surface area contributed by atoms with Crippen molar-refractivity contribution in [2.24, 2.45) is 0 Å². The molecule has 88 valence electrons. The largest absolute Gasteiger partial charge is 0.294 e. The number of pyridine rings is 1. The lowest BCUT2D eigenvalue weighted by Crippen LogP contribution is -2.00. The topological polar surface area (TPSA) is 30.0 Å². The van der Waals surface area contributed by atoms with E-state index in [-0.39, 0.29) is 5.78 Å². The fraction of sp³-hybridized carbons (Fsp3) is 0.286. The van der Waals surface area contributed by atoms with Crippen LogP contribution in [-0.4, -0.2) is 10.8 Å². The van der Waals surface area contributed by atoms with Crippen LogP contribution in [0, 0.1) is 6.92 Å². The van der Waals surface area contributed by atoms with Crippen LogP contribution < -0.4 is 0 Å². The van der Waals surface area contributed by atoms with E-state index in [9.17, 15) is 4.79 Å². The Balaban J connectivity index is 1.83. The van der Waals surface area contributed by atoms with Crippen molar-refractivity contribution in [3.05, 3.63) is 52.0 Å². The van der Waals surface area contributed by atoms with Crippen LogP contribution in [-0.2, 0) is 6.42 Å². The van der Waals surface area contributed by atoms with Crippen molar-refractivity contribution >= 4 is 17.1 Å². The molecule has 0 N–H and O–H groups in total. The summed E-state index contributed by atoms with van der Waals surface area (Å²) >= 11 is 1.75. The van der Waals surface area contributed by atoms with E-state index in [1.807, 2.05) is 25.1 Å². The third-order valence-corrected chi connectivity index (χ3v) is 3.58. The molecule has 2 heterocycles. The van der Waals surface area contributed by atoms with Crippen LogP contribution in [0.4, 0.5) is 0 Å². The molecule has 2 rings (SSSR count). The zero-order valence-electron chi connectivity index (χ0n) is 9.85. The second-order valence-corrected chi connectivity index (χ2v) is 5.08. The lowest BCUT2D eigenvalue weighted by atomic mass is 10.1. The molecule has 0 aliphatic rings. The quantitative estimate of drug-likeness (QED) is 0.752. The van der Waals surface area contributed by atoms with E-state index < -0.39 is 0 Å². The second-order valence-electron chi connectivity index (χ2n) is 4.04. The highest BCUT2D eigenvalue weighted by Crippen LogP contribution is 2.13. The van der Waals surface area contributed by atoms with Crippen LogP contribution in [0.3, 0.4) is 0 Å². The number of hydrogen-bond acceptors (Lipinski definition) is 3. The molecule has 0 unspecified atom stereocenters. The number of aryl methyl sites for hydroxylation is 2. The molecule has 0 aromatic carbocycles. The van der Waals surface area contributed by atoms with Crippen molar-refractivity contribution in [3.8, 4) is 0 Å². The molecule has 0 spiro atoms. The first-order valence-electron chi connectivity index (χ1n) is 5.74. The van der Waals surface area contributed by atoms with E-state index in [0.717, 1.165) is 24.1 Å². The highest BCUT2D eigenvalue weighted by atomic mass is 32.1. The van der Waals surface area contributed by atoms with Crippen molar-refractivity contribution in [3.63, 3.8) is 0 Å². The number of hydrogen-bond donors (Lipinski definition) is 0. The molecule has 0 radical (unpaired) electrons. The second kappa shape index (κ2) is 5.73. The van der Waals surface area contributed by atoms with E-state index in [1.54, 1.807) is 17.5 Å². The van der Waals surface area contributed by atoms with Gasteiger partial charge in [-0.2, -0.15) is 0 Å². The smallest absolute Gasteiger partial charge is 0.164 e. The normalized spacial score (nSPS) is 10.4. The Morgan fingerprint density at radius 3 is 2.88 bits per heavy atom. The van der Waals surface area contributed by atoms with Gasteiger partial charge in [0.2, 0.25) is 0 Å². The molecule has 3 heteroatoms. The molecule has 0 aliphatic carbocycles. The number of ketones is 1. The Labute approximate surface area is 105 Å². The zero-order valence-corrected chi connectivity index (χ0v) is 10.7. The molecule has 0 bridgehead atoms. The maximum absolute atomic E-state index is 11.8. The summed E-state index contributed by atoms with van der Waals surface area (Å²) in [5.41, 5.74) is 1.67. The Morgan fingerprint density at radius 2 is 2.24 bits per heavy atom. The summed E-state index contributed by atoms with van der Waals surface area (Å²) in [7, 11) is 0. The van der Waals surface area contributed by atoms with E-state index in [4.69, 9.17) is 0 Å². The summed E-state index contributed by atoms with van der Waals surface area (Å²) in [4.78, 5) is 17.3. The van der Waals surface area contributed by atoms with Crippen molar-refractivity contribution in [1.29, 1.82) is 0 Å². The number of thiophene rings is 1. The summed E-state index contributed by atoms with van der Waals surface area (Å²) in [6.07, 6.45) is 4.17. The van der Waals surface area contributed by atoms with Crippen LogP contribution >= 0.6 is 11.3 Å². The van der Waals surface area contributed by atoms with Crippen LogP contribution in [0.1, 0.15) is 33.8 Å². The predicted molar refractivity (Wildman–Crippen MR) is 70.6 cm³/mol. The summed E-state index contributed by atoms with van der Waals surface area (Å²) in [6, 6.07) is 7.90. The molecule has 0 saturated carbocycles. The van der Waals surface area contributed by atoms with Gasteiger partial charge in [0.1, 0.15) is 0 Å². The highest BCUT2D eigenvalue weighted by molar-refractivity contribution is 7.09. The summed E-state index contributed by atoms with van der Waals surface area (Å²) in [6.45, 7) is 1.92. The van der Waals surface area contributed by atoms with Gasteiger partial charge in [0.05, 0.1) is 0 Å². The Morgan fingerprint density at radius 1 is 1.35 bits per heavy atom. The minimum absolute atomic E-state index is 0.189. The lowest BCUT2D eigenvalue weighted by molar-refractivity contribution is 0.0980. The average molecular weight is 245 g/mol. The van der Waals surface area contributed by atoms with Crippen LogP contribution in [0.15, 0.2) is 35.8 Å². The van der Waals surface area contributed by atoms with E-state index >= 15 is 0 Å². The van der Waals surface area contributed by atoms with Gasteiger partial charge in [-0.1, -0.05) is 6.07 Å². The van der Waals surface area contributed by atoms with Crippen molar-refractivity contribution in [2.45, 2.75) is 26.2 Å². The first-order chi connectivity index (χ1) is 8.25. The van der Waals surface area contributed by atoms with Gasteiger partial charge in [0.25, 0.3) is 0 Å². The molecule has 2 aromatic rings. The molecule has 0 amide bonds. The molecule has 2 aromatic heterocycles. The summed E-state index contributed by atoms with van der Waals surface area (Å²) in [5.74, 6) is 0.189. The number of rotatable bonds is 5. The number of nitrogens with zero attached hydrogens (tertiary/aromatic N) is 1. The van der Waals surface area contributed by atoms with Crippen LogP contribution in [0.5, 0.6) is 0 Å². The molecule has 0 saturated heterocycles. The molecule has 2 nitrogen and oxygen atoms in total. The zero-order chi connectivity index (χ0) is 12.1. The highest BCUT2D eigenvalue weighted by Gasteiger charge is 2.06. The third-order valence-electron chi connectivity index (χ3n) is 2.64. The molecular weight excluding hydrogens is 230 g/mol. The van der Waals surface area contributed by atoms with E-state index in [0.29, 0.717) is 6.42 Å². The Hall–Kier alpha value is -1.48. The predicted octanol–water partition coefficient (Wildman–Crippen LogP) is 3.66. The maximum Gasteiger partial charge on any atom is 0.164 e. The molecule has 0 atom stereocenters. The Bertz CT molecular complexity index is 473. The monoisotopic (exact) mass is 245 g/mol. The molecule has 17 heavy (non-hydrogen) atoms. The van der Waals surface area contributed by atoms with Gasteiger partial charge >= 0.3 is 0 Å². The van der Waals surface area contributed by atoms with Gasteiger partial charge in [0, 0.05) is 28.8 Å². The molecule has 0 aliphatic heterocycles. The van der Waals surface area contributed by atoms with Gasteiger partial charge in [-0.25, -0.2) is 0 Å². The minimum Gasteiger partial charge on any atom is -0.294 e. The first-order valence-corrected chi connectivity index (χ1v) is 6.62. The van der Waals surface area contributed by atoms with Gasteiger partial charge in [0.15, 0.2) is 5.78 Å². The van der Waals surface area contributed by atoms with Crippen molar-refractivity contribution < 1.29 is 4.79 Å². The van der Waals surface area contributed by atoms with Gasteiger partial charge < -0.3 is 0 Å². The Kier molecular flexibility index (Phi) is 4.04. The van der Waals surface area contributed by atoms with E-state index in [1.165, 1.54) is 4.88 Å². The standard InChI is InChI=1S/C14H15NOS/c1-11-7-8-12(10-15-11)14(16)6-2-4-13-5-3-9-17-13/h3,5,7-10H,2,4,6H2,1H3. The number of carbonyl (C=O) groups excluding carboxylic acids is 1. The number of carbonyl (C=O) groups is 1. The summed E-state index contributed by atoms with van der Waals surface area (Å²) < 4.78 is 0. The van der Waals surface area contributed by atoms with Gasteiger partial charge in [-0.05, 0) is 43.3 Å². The third kappa shape index (κ3) is 3.49. The SMILES string of the molecule is Cc1ccc(C(=O)CCCc2cccs2)cn1. The van der Waals surface area contributed by atoms with Crippen molar-refractivity contribution in [2.75, 3.05) is 0 Å². The lowest BCUT2D eigenvalue weighted by Gasteiger charge is -2.00. The number of Topliss-reactive ketones (excluding diaryl/α,β-unsaturated/α-hetero) is 1. The molecule has 0 fully saturated rings. The van der Waals surface area contributed by atoms with Crippen LogP contribution in [0.25, 0.3) is 0 Å². The van der Waals surface area contributed by atoms with Crippen molar-refractivity contribution in [1.82, 2.24) is 4.98 Å². The van der Waals surface area contributed by atoms with E-state index in [2.05, 4.69) is 16.4 Å². The molecular formula is C14H15NOS. The fourth-order valence-electron chi connectivity index (χ4n) is 1.66. The maximum atomic E-state index is 11.8. The average Bonchev–Trinajstić information content (AvgIpc) is 2.83. The first kappa shape index (κ1) is 12.0. The fourth-order valence-corrected chi connectivity index (χ4v) is 2.41. The van der Waals surface area contributed by atoms with Gasteiger partial charge in [-0.3, -0.25) is 9.78 Å². The summed E-state index contributed by atoms with van der Waals surface area (Å²) in [5, 5.41) is 2.07. The van der Waals surface area contributed by atoms with Gasteiger partial charge in [-0.15, -0.1) is 11.3 Å². The number of aromatic nitrogens is 1.